The molecule has 0 saturated heterocycles. The maximum absolute atomic E-state index is 2.45. The molecular weight excluding hydrogens is 591 g/mol. The van der Waals surface area contributed by atoms with Crippen LogP contribution < -0.4 is 4.90 Å². The molecule has 49 heavy (non-hydrogen) atoms. The Hall–Kier alpha value is -5.92. The molecule has 0 bridgehead atoms. The standard InChI is InChI=1S/C48H37N/c1-32-17-24-38(25-18-32)49(47-30-37-13-7-8-14-40(37)41-15-9-10-16-44(41)47)39-26-28-43-42-27-23-36(29-45(42)48(2,3)46(43)31-39)35-21-19-34(20-22-35)33-11-5-4-6-12-33/h4-31H,1-3H3. The van der Waals surface area contributed by atoms with Gasteiger partial charge in [-0.25, -0.2) is 0 Å². The van der Waals surface area contributed by atoms with Gasteiger partial charge >= 0.3 is 0 Å². The molecular formula is C48H37N. The lowest BCUT2D eigenvalue weighted by molar-refractivity contribution is 0.660. The Balaban J connectivity index is 1.16. The fraction of sp³-hybridized carbons (Fsp3) is 0.0833. The van der Waals surface area contributed by atoms with Crippen LogP contribution in [0.3, 0.4) is 0 Å². The number of aryl methyl sites for hydroxylation is 1. The second-order valence-corrected chi connectivity index (χ2v) is 13.9. The van der Waals surface area contributed by atoms with E-state index in [1.54, 1.807) is 0 Å². The Morgan fingerprint density at radius 1 is 0.408 bits per heavy atom. The highest BCUT2D eigenvalue weighted by Gasteiger charge is 2.36. The molecule has 1 nitrogen and oxygen atoms in total. The highest BCUT2D eigenvalue weighted by atomic mass is 15.1. The van der Waals surface area contributed by atoms with Crippen LogP contribution in [0.4, 0.5) is 17.1 Å². The Bertz CT molecular complexity index is 2500. The van der Waals surface area contributed by atoms with Crippen LogP contribution >= 0.6 is 0 Å². The Morgan fingerprint density at radius 2 is 0.939 bits per heavy atom. The van der Waals surface area contributed by atoms with Gasteiger partial charge in [-0.3, -0.25) is 0 Å². The normalized spacial score (nSPS) is 13.0. The van der Waals surface area contributed by atoms with Gasteiger partial charge < -0.3 is 4.90 Å². The molecule has 0 saturated carbocycles. The summed E-state index contributed by atoms with van der Waals surface area (Å²) in [5.41, 5.74) is 15.0. The average molecular weight is 628 g/mol. The van der Waals surface area contributed by atoms with Gasteiger partial charge in [0.2, 0.25) is 0 Å². The molecule has 1 aliphatic rings. The second kappa shape index (κ2) is 11.4. The third-order valence-electron chi connectivity index (χ3n) is 10.5. The van der Waals surface area contributed by atoms with E-state index in [1.165, 1.54) is 83.0 Å². The number of fused-ring (bicyclic) bond motifs is 6. The summed E-state index contributed by atoms with van der Waals surface area (Å²) in [5.74, 6) is 0. The fourth-order valence-corrected chi connectivity index (χ4v) is 7.87. The van der Waals surface area contributed by atoms with E-state index in [4.69, 9.17) is 0 Å². The maximum atomic E-state index is 2.45. The van der Waals surface area contributed by atoms with Gasteiger partial charge in [-0.15, -0.1) is 0 Å². The van der Waals surface area contributed by atoms with Gasteiger partial charge in [0, 0.05) is 22.2 Å². The summed E-state index contributed by atoms with van der Waals surface area (Å²) in [4.78, 5) is 2.45. The molecule has 8 aromatic carbocycles. The summed E-state index contributed by atoms with van der Waals surface area (Å²) in [5, 5.41) is 5.03. The van der Waals surface area contributed by atoms with E-state index in [9.17, 15) is 0 Å². The van der Waals surface area contributed by atoms with E-state index >= 15 is 0 Å². The molecule has 0 atom stereocenters. The van der Waals surface area contributed by atoms with Gasteiger partial charge in [0.1, 0.15) is 0 Å². The molecule has 0 N–H and O–H groups in total. The molecule has 0 amide bonds. The largest absolute Gasteiger partial charge is 0.310 e. The molecule has 8 aromatic rings. The van der Waals surface area contributed by atoms with Crippen LogP contribution in [0.25, 0.3) is 54.9 Å². The smallest absolute Gasteiger partial charge is 0.0546 e. The summed E-state index contributed by atoms with van der Waals surface area (Å²) < 4.78 is 0. The molecule has 0 aromatic heterocycles. The highest BCUT2D eigenvalue weighted by molar-refractivity contribution is 6.14. The third kappa shape index (κ3) is 4.85. The summed E-state index contributed by atoms with van der Waals surface area (Å²) in [6.45, 7) is 6.91. The summed E-state index contributed by atoms with van der Waals surface area (Å²) in [6, 6.07) is 62.6. The summed E-state index contributed by atoms with van der Waals surface area (Å²) >= 11 is 0. The topological polar surface area (TPSA) is 3.24 Å². The molecule has 1 aliphatic carbocycles. The van der Waals surface area contributed by atoms with Crippen molar-refractivity contribution in [3.63, 3.8) is 0 Å². The van der Waals surface area contributed by atoms with Gasteiger partial charge in [0.15, 0.2) is 0 Å². The first kappa shape index (κ1) is 29.2. The van der Waals surface area contributed by atoms with Crippen LogP contribution in [0.1, 0.15) is 30.5 Å². The zero-order valence-corrected chi connectivity index (χ0v) is 28.1. The van der Waals surface area contributed by atoms with Crippen molar-refractivity contribution in [1.29, 1.82) is 0 Å². The first-order chi connectivity index (χ1) is 24.0. The van der Waals surface area contributed by atoms with Gasteiger partial charge in [-0.2, -0.15) is 0 Å². The molecule has 0 radical (unpaired) electrons. The van der Waals surface area contributed by atoms with E-state index < -0.39 is 0 Å². The number of hydrogen-bond acceptors (Lipinski definition) is 1. The van der Waals surface area contributed by atoms with Crippen molar-refractivity contribution in [3.05, 3.63) is 187 Å². The van der Waals surface area contributed by atoms with Crippen molar-refractivity contribution in [2.75, 3.05) is 4.90 Å². The van der Waals surface area contributed by atoms with Crippen molar-refractivity contribution < 1.29 is 0 Å². The van der Waals surface area contributed by atoms with Crippen LogP contribution in [-0.2, 0) is 5.41 Å². The van der Waals surface area contributed by atoms with Gasteiger partial charge in [0.25, 0.3) is 0 Å². The zero-order valence-electron chi connectivity index (χ0n) is 28.1. The van der Waals surface area contributed by atoms with Gasteiger partial charge in [-0.1, -0.05) is 153 Å². The van der Waals surface area contributed by atoms with Gasteiger partial charge in [-0.05, 0) is 104 Å². The van der Waals surface area contributed by atoms with Crippen molar-refractivity contribution in [3.8, 4) is 33.4 Å². The lowest BCUT2D eigenvalue weighted by Crippen LogP contribution is -2.17. The van der Waals surface area contributed by atoms with Crippen LogP contribution in [-0.4, -0.2) is 0 Å². The maximum Gasteiger partial charge on any atom is 0.0546 e. The third-order valence-corrected chi connectivity index (χ3v) is 10.5. The second-order valence-electron chi connectivity index (χ2n) is 13.9. The molecule has 9 rings (SSSR count). The van der Waals surface area contributed by atoms with Crippen LogP contribution in [0, 0.1) is 6.92 Å². The first-order valence-electron chi connectivity index (χ1n) is 17.2. The molecule has 0 unspecified atom stereocenters. The van der Waals surface area contributed by atoms with Crippen LogP contribution in [0.2, 0.25) is 0 Å². The molecule has 0 fully saturated rings. The van der Waals surface area contributed by atoms with Crippen LogP contribution in [0.5, 0.6) is 0 Å². The van der Waals surface area contributed by atoms with Crippen molar-refractivity contribution >= 4 is 38.6 Å². The van der Waals surface area contributed by atoms with Crippen LogP contribution in [0.15, 0.2) is 170 Å². The quantitative estimate of drug-likeness (QED) is 0.172. The molecule has 0 heterocycles. The molecule has 0 aliphatic heterocycles. The number of nitrogens with zero attached hydrogens (tertiary/aromatic N) is 1. The number of hydrogen-bond donors (Lipinski definition) is 0. The van der Waals surface area contributed by atoms with Gasteiger partial charge in [0.05, 0.1) is 5.69 Å². The van der Waals surface area contributed by atoms with Crippen molar-refractivity contribution in [2.24, 2.45) is 0 Å². The average Bonchev–Trinajstić information content (AvgIpc) is 3.38. The minimum atomic E-state index is -0.162. The van der Waals surface area contributed by atoms with Crippen molar-refractivity contribution in [2.45, 2.75) is 26.2 Å². The lowest BCUT2D eigenvalue weighted by atomic mass is 9.81. The van der Waals surface area contributed by atoms with E-state index in [-0.39, 0.29) is 5.41 Å². The summed E-state index contributed by atoms with van der Waals surface area (Å²) in [7, 11) is 0. The zero-order chi connectivity index (χ0) is 33.1. The Morgan fingerprint density at radius 3 is 1.67 bits per heavy atom. The minimum Gasteiger partial charge on any atom is -0.310 e. The summed E-state index contributed by atoms with van der Waals surface area (Å²) in [6.07, 6.45) is 0. The highest BCUT2D eigenvalue weighted by Crippen LogP contribution is 2.52. The predicted octanol–water partition coefficient (Wildman–Crippen LogP) is 13.4. The minimum absolute atomic E-state index is 0.162. The predicted molar refractivity (Wildman–Crippen MR) is 209 cm³/mol. The fourth-order valence-electron chi connectivity index (χ4n) is 7.87. The van der Waals surface area contributed by atoms with Crippen molar-refractivity contribution in [1.82, 2.24) is 0 Å². The molecule has 0 spiro atoms. The first-order valence-corrected chi connectivity index (χ1v) is 17.2. The SMILES string of the molecule is Cc1ccc(N(c2ccc3c(c2)C(C)(C)c2cc(-c4ccc(-c5ccccc5)cc4)ccc2-3)c2cc3ccccc3c3ccccc23)cc1. The van der Waals surface area contributed by atoms with E-state index in [2.05, 4.69) is 196 Å². The van der Waals surface area contributed by atoms with E-state index in [0.29, 0.717) is 0 Å². The number of rotatable bonds is 5. The Labute approximate surface area is 288 Å². The molecule has 1 heteroatoms. The molecule has 234 valence electrons. The number of benzene rings is 8. The lowest BCUT2D eigenvalue weighted by Gasteiger charge is -2.29. The van der Waals surface area contributed by atoms with E-state index in [1.807, 2.05) is 0 Å². The monoisotopic (exact) mass is 627 g/mol. The number of anilines is 3. The van der Waals surface area contributed by atoms with E-state index in [0.717, 1.165) is 5.69 Å². The Kier molecular flexibility index (Phi) is 6.78.